The molecule has 1 heterocycles. The predicted molar refractivity (Wildman–Crippen MR) is 47.3 cm³/mol. The lowest BCUT2D eigenvalue weighted by Gasteiger charge is -2.25. The minimum atomic E-state index is 0.767. The summed E-state index contributed by atoms with van der Waals surface area (Å²) in [5, 5.41) is 3.17. The first-order valence-electron chi connectivity index (χ1n) is 4.16. The number of hydrogen-bond acceptors (Lipinski definition) is 3. The lowest BCUT2D eigenvalue weighted by atomic mass is 10.2. The Morgan fingerprint density at radius 2 is 2.55 bits per heavy atom. The summed E-state index contributed by atoms with van der Waals surface area (Å²) in [7, 11) is 1.98. The van der Waals surface area contributed by atoms with Crippen LogP contribution >= 0.6 is 0 Å². The second-order valence-electron chi connectivity index (χ2n) is 2.82. The Kier molecular flexibility index (Phi) is 3.39. The molecule has 0 aromatic rings. The van der Waals surface area contributed by atoms with Crippen molar-refractivity contribution >= 4 is 0 Å². The molecule has 0 aromatic carbocycles. The summed E-state index contributed by atoms with van der Waals surface area (Å²) >= 11 is 0. The monoisotopic (exact) mass is 155 g/mol. The van der Waals surface area contributed by atoms with E-state index in [2.05, 4.69) is 16.3 Å². The fraction of sp³-hybridized carbons (Fsp3) is 0.750. The molecule has 1 rings (SSSR count). The molecular weight excluding hydrogens is 138 g/mol. The lowest BCUT2D eigenvalue weighted by Crippen LogP contribution is -2.34. The van der Waals surface area contributed by atoms with E-state index in [-0.39, 0.29) is 0 Å². The van der Waals surface area contributed by atoms with Gasteiger partial charge < -0.3 is 11.1 Å². The molecule has 3 heteroatoms. The highest BCUT2D eigenvalue weighted by Gasteiger charge is 2.08. The van der Waals surface area contributed by atoms with Crippen molar-refractivity contribution < 1.29 is 0 Å². The van der Waals surface area contributed by atoms with Crippen LogP contribution in [0.1, 0.15) is 6.42 Å². The molecule has 0 bridgehead atoms. The minimum Gasteiger partial charge on any atom is -0.392 e. The first kappa shape index (κ1) is 8.56. The fourth-order valence-electron chi connectivity index (χ4n) is 1.32. The molecule has 3 N–H and O–H groups in total. The van der Waals surface area contributed by atoms with Gasteiger partial charge in [-0.1, -0.05) is 6.08 Å². The molecule has 0 amide bonds. The van der Waals surface area contributed by atoms with Crippen molar-refractivity contribution in [2.24, 2.45) is 5.73 Å². The van der Waals surface area contributed by atoms with Crippen LogP contribution in [0.4, 0.5) is 0 Å². The Bertz CT molecular complexity index is 142. The zero-order valence-electron chi connectivity index (χ0n) is 7.14. The first-order valence-corrected chi connectivity index (χ1v) is 4.16. The Hall–Kier alpha value is -0.540. The number of nitrogens with zero attached hydrogens (tertiary/aromatic N) is 1. The molecule has 0 fully saturated rings. The summed E-state index contributed by atoms with van der Waals surface area (Å²) in [6.45, 7) is 3.98. The van der Waals surface area contributed by atoms with Crippen LogP contribution in [0.15, 0.2) is 11.8 Å². The third-order valence-corrected chi connectivity index (χ3v) is 2.06. The summed E-state index contributed by atoms with van der Waals surface area (Å²) in [6.07, 6.45) is 3.37. The minimum absolute atomic E-state index is 0.767. The van der Waals surface area contributed by atoms with Crippen molar-refractivity contribution in [1.82, 2.24) is 10.2 Å². The van der Waals surface area contributed by atoms with Gasteiger partial charge in [0.1, 0.15) is 0 Å². The molecule has 0 saturated carbocycles. The van der Waals surface area contributed by atoms with E-state index in [1.54, 1.807) is 0 Å². The first-order chi connectivity index (χ1) is 5.36. The van der Waals surface area contributed by atoms with Gasteiger partial charge in [0.2, 0.25) is 0 Å². The highest BCUT2D eigenvalue weighted by atomic mass is 15.1. The smallest absolute Gasteiger partial charge is 0.0183 e. The van der Waals surface area contributed by atoms with Crippen LogP contribution in [0.3, 0.4) is 0 Å². The third kappa shape index (κ3) is 2.52. The van der Waals surface area contributed by atoms with Gasteiger partial charge in [-0.05, 0) is 6.42 Å². The zero-order chi connectivity index (χ0) is 8.10. The molecule has 3 nitrogen and oxygen atoms in total. The van der Waals surface area contributed by atoms with Crippen LogP contribution in [0, 0.1) is 0 Å². The van der Waals surface area contributed by atoms with Gasteiger partial charge in [-0.3, -0.25) is 4.90 Å². The van der Waals surface area contributed by atoms with Crippen molar-refractivity contribution in [3.63, 3.8) is 0 Å². The summed E-state index contributed by atoms with van der Waals surface area (Å²) in [5.41, 5.74) is 6.81. The maximum absolute atomic E-state index is 5.45. The van der Waals surface area contributed by atoms with Crippen LogP contribution < -0.4 is 11.1 Å². The molecule has 0 atom stereocenters. The largest absolute Gasteiger partial charge is 0.392 e. The summed E-state index contributed by atoms with van der Waals surface area (Å²) < 4.78 is 0. The van der Waals surface area contributed by atoms with Crippen molar-refractivity contribution in [2.75, 3.05) is 33.2 Å². The average molecular weight is 155 g/mol. The van der Waals surface area contributed by atoms with Crippen molar-refractivity contribution in [3.05, 3.63) is 11.8 Å². The van der Waals surface area contributed by atoms with Crippen LogP contribution in [0.2, 0.25) is 0 Å². The summed E-state index contributed by atoms with van der Waals surface area (Å²) in [6, 6.07) is 0. The van der Waals surface area contributed by atoms with Gasteiger partial charge in [0, 0.05) is 38.9 Å². The Labute approximate surface area is 68.2 Å². The van der Waals surface area contributed by atoms with E-state index < -0.39 is 0 Å². The molecule has 1 aliphatic rings. The van der Waals surface area contributed by atoms with E-state index in [1.165, 1.54) is 5.70 Å². The van der Waals surface area contributed by atoms with Crippen molar-refractivity contribution in [1.29, 1.82) is 0 Å². The van der Waals surface area contributed by atoms with E-state index >= 15 is 0 Å². The summed E-state index contributed by atoms with van der Waals surface area (Å²) in [5.74, 6) is 0. The predicted octanol–water partition coefficient (Wildman–Crippen LogP) is -0.246. The Morgan fingerprint density at radius 1 is 1.73 bits per heavy atom. The number of nitrogens with two attached hydrogens (primary N) is 1. The third-order valence-electron chi connectivity index (χ3n) is 2.06. The van der Waals surface area contributed by atoms with Crippen LogP contribution in [-0.2, 0) is 0 Å². The SMILES string of the molecule is CNC1=CCN(CCN)CC1. The number of rotatable bonds is 3. The van der Waals surface area contributed by atoms with E-state index in [9.17, 15) is 0 Å². The van der Waals surface area contributed by atoms with Gasteiger partial charge in [-0.2, -0.15) is 0 Å². The molecule has 1 aliphatic heterocycles. The number of nitrogens with one attached hydrogen (secondary N) is 1. The van der Waals surface area contributed by atoms with Crippen molar-refractivity contribution in [2.45, 2.75) is 6.42 Å². The highest BCUT2D eigenvalue weighted by molar-refractivity contribution is 5.04. The lowest BCUT2D eigenvalue weighted by molar-refractivity contribution is 0.299. The molecule has 0 aliphatic carbocycles. The Morgan fingerprint density at radius 3 is 3.00 bits per heavy atom. The Balaban J connectivity index is 2.29. The molecule has 11 heavy (non-hydrogen) atoms. The van der Waals surface area contributed by atoms with Gasteiger partial charge in [0.25, 0.3) is 0 Å². The standard InChI is InChI=1S/C8H17N3/c1-10-8-2-5-11(6-3-8)7-4-9/h2,10H,3-7,9H2,1H3. The maximum atomic E-state index is 5.45. The van der Waals surface area contributed by atoms with E-state index in [1.807, 2.05) is 7.05 Å². The van der Waals surface area contributed by atoms with Gasteiger partial charge in [0.15, 0.2) is 0 Å². The van der Waals surface area contributed by atoms with E-state index in [4.69, 9.17) is 5.73 Å². The molecule has 0 unspecified atom stereocenters. The van der Waals surface area contributed by atoms with Crippen LogP contribution in [0.25, 0.3) is 0 Å². The van der Waals surface area contributed by atoms with Crippen LogP contribution in [0.5, 0.6) is 0 Å². The molecule has 0 saturated heterocycles. The maximum Gasteiger partial charge on any atom is 0.0183 e. The fourth-order valence-corrected chi connectivity index (χ4v) is 1.32. The van der Waals surface area contributed by atoms with Gasteiger partial charge in [-0.15, -0.1) is 0 Å². The second-order valence-corrected chi connectivity index (χ2v) is 2.82. The average Bonchev–Trinajstić information content (AvgIpc) is 2.07. The van der Waals surface area contributed by atoms with Gasteiger partial charge >= 0.3 is 0 Å². The second kappa shape index (κ2) is 4.36. The van der Waals surface area contributed by atoms with E-state index in [0.29, 0.717) is 0 Å². The van der Waals surface area contributed by atoms with Crippen LogP contribution in [-0.4, -0.2) is 38.1 Å². The quantitative estimate of drug-likeness (QED) is 0.591. The highest BCUT2D eigenvalue weighted by Crippen LogP contribution is 2.05. The molecule has 0 aromatic heterocycles. The number of hydrogen-bond donors (Lipinski definition) is 2. The molecular formula is C8H17N3. The van der Waals surface area contributed by atoms with Gasteiger partial charge in [-0.25, -0.2) is 0 Å². The molecule has 0 radical (unpaired) electrons. The topological polar surface area (TPSA) is 41.3 Å². The van der Waals surface area contributed by atoms with Crippen molar-refractivity contribution in [3.8, 4) is 0 Å². The summed E-state index contributed by atoms with van der Waals surface area (Å²) in [4.78, 5) is 2.36. The molecule has 0 spiro atoms. The zero-order valence-corrected chi connectivity index (χ0v) is 7.14. The van der Waals surface area contributed by atoms with E-state index in [0.717, 1.165) is 32.6 Å². The molecule has 64 valence electrons. The normalized spacial score (nSPS) is 19.6. The van der Waals surface area contributed by atoms with Gasteiger partial charge in [0.05, 0.1) is 0 Å².